The summed E-state index contributed by atoms with van der Waals surface area (Å²) >= 11 is 12.2. The van der Waals surface area contributed by atoms with Crippen molar-refractivity contribution in [3.63, 3.8) is 0 Å². The Morgan fingerprint density at radius 3 is 2.85 bits per heavy atom. The fourth-order valence-corrected chi connectivity index (χ4v) is 3.85. The molecule has 0 radical (unpaired) electrons. The molecule has 3 rings (SSSR count). The first-order chi connectivity index (χ1) is 9.53. The molecule has 0 aliphatic heterocycles. The van der Waals surface area contributed by atoms with Crippen LogP contribution in [0.25, 0.3) is 11.0 Å². The van der Waals surface area contributed by atoms with Crippen molar-refractivity contribution in [1.29, 1.82) is 0 Å². The van der Waals surface area contributed by atoms with Gasteiger partial charge in [-0.15, -0.1) is 11.6 Å². The molecule has 1 aromatic heterocycles. The van der Waals surface area contributed by atoms with Gasteiger partial charge in [0.25, 0.3) is 0 Å². The second-order valence-corrected chi connectivity index (χ2v) is 7.18. The van der Waals surface area contributed by atoms with Crippen LogP contribution in [-0.2, 0) is 6.42 Å². The molecule has 1 heterocycles. The summed E-state index contributed by atoms with van der Waals surface area (Å²) in [6.07, 6.45) is 4.55. The minimum absolute atomic E-state index is 0.303. The van der Waals surface area contributed by atoms with Crippen LogP contribution >= 0.6 is 23.2 Å². The zero-order valence-electron chi connectivity index (χ0n) is 12.0. The van der Waals surface area contributed by atoms with Gasteiger partial charge in [0.05, 0.1) is 11.0 Å². The summed E-state index contributed by atoms with van der Waals surface area (Å²) in [6.45, 7) is 4.71. The second kappa shape index (κ2) is 5.23. The highest BCUT2D eigenvalue weighted by molar-refractivity contribution is 6.31. The normalized spacial score (nSPS) is 21.7. The molecule has 1 aromatic carbocycles. The molecule has 0 amide bonds. The van der Waals surface area contributed by atoms with Gasteiger partial charge in [-0.05, 0) is 36.5 Å². The van der Waals surface area contributed by atoms with Crippen LogP contribution in [0.3, 0.4) is 0 Å². The number of benzene rings is 1. The van der Waals surface area contributed by atoms with Gasteiger partial charge in [0.1, 0.15) is 5.82 Å². The van der Waals surface area contributed by atoms with E-state index in [1.165, 1.54) is 19.3 Å². The van der Waals surface area contributed by atoms with Gasteiger partial charge in [-0.1, -0.05) is 31.9 Å². The van der Waals surface area contributed by atoms with Crippen LogP contribution in [0.1, 0.15) is 45.0 Å². The molecule has 2 nitrogen and oxygen atoms in total. The zero-order valence-corrected chi connectivity index (χ0v) is 13.5. The van der Waals surface area contributed by atoms with Crippen molar-refractivity contribution >= 4 is 34.2 Å². The molecule has 0 N–H and O–H groups in total. The Hall–Kier alpha value is -0.730. The van der Waals surface area contributed by atoms with Crippen molar-refractivity contribution < 1.29 is 0 Å². The highest BCUT2D eigenvalue weighted by Gasteiger charge is 2.37. The van der Waals surface area contributed by atoms with Crippen molar-refractivity contribution in [1.82, 2.24) is 9.55 Å². The van der Waals surface area contributed by atoms with Crippen molar-refractivity contribution in [2.45, 2.75) is 45.6 Å². The summed E-state index contributed by atoms with van der Waals surface area (Å²) in [5.74, 6) is 1.70. The van der Waals surface area contributed by atoms with Gasteiger partial charge >= 0.3 is 0 Å². The highest BCUT2D eigenvalue weighted by atomic mass is 35.5. The maximum atomic E-state index is 6.19. The van der Waals surface area contributed by atoms with E-state index in [4.69, 9.17) is 28.2 Å². The molecule has 0 saturated heterocycles. The van der Waals surface area contributed by atoms with E-state index in [0.29, 0.717) is 17.3 Å². The average molecular weight is 311 g/mol. The van der Waals surface area contributed by atoms with Gasteiger partial charge in [0, 0.05) is 23.4 Å². The number of fused-ring (bicyclic) bond motifs is 1. The van der Waals surface area contributed by atoms with Crippen molar-refractivity contribution in [2.75, 3.05) is 5.88 Å². The molecular formula is C16H20Cl2N2. The van der Waals surface area contributed by atoms with E-state index in [0.717, 1.165) is 28.3 Å². The first-order valence-electron chi connectivity index (χ1n) is 7.25. The lowest BCUT2D eigenvalue weighted by molar-refractivity contribution is 0.261. The first kappa shape index (κ1) is 14.2. The molecule has 1 unspecified atom stereocenters. The summed E-state index contributed by atoms with van der Waals surface area (Å²) in [5, 5.41) is 0.770. The van der Waals surface area contributed by atoms with E-state index < -0.39 is 0 Å². The number of alkyl halides is 1. The van der Waals surface area contributed by atoms with Gasteiger partial charge in [-0.2, -0.15) is 0 Å². The largest absolute Gasteiger partial charge is 0.324 e. The van der Waals surface area contributed by atoms with Gasteiger partial charge < -0.3 is 4.57 Å². The quantitative estimate of drug-likeness (QED) is 0.710. The fourth-order valence-electron chi connectivity index (χ4n) is 3.51. The third-order valence-corrected chi connectivity index (χ3v) is 4.98. The standard InChI is InChI=1S/C16H20Cl2N2/c1-16(2)8-3-4-14(16)20-13-10-11(18)5-6-12(13)19-15(20)7-9-17/h5-6,10,14H,3-4,7-9H2,1-2H3. The number of nitrogens with zero attached hydrogens (tertiary/aromatic N) is 2. The summed E-state index contributed by atoms with van der Waals surface area (Å²) < 4.78 is 2.40. The van der Waals surface area contributed by atoms with Crippen LogP contribution in [0, 0.1) is 5.41 Å². The molecule has 1 aliphatic rings. The number of halogens is 2. The lowest BCUT2D eigenvalue weighted by Gasteiger charge is -2.30. The van der Waals surface area contributed by atoms with Gasteiger partial charge in [0.2, 0.25) is 0 Å². The van der Waals surface area contributed by atoms with E-state index in [-0.39, 0.29) is 0 Å². The molecule has 0 bridgehead atoms. The summed E-state index contributed by atoms with van der Waals surface area (Å²) in [5.41, 5.74) is 2.48. The minimum Gasteiger partial charge on any atom is -0.324 e. The van der Waals surface area contributed by atoms with E-state index in [9.17, 15) is 0 Å². The van der Waals surface area contributed by atoms with Crippen LogP contribution in [0.5, 0.6) is 0 Å². The minimum atomic E-state index is 0.303. The number of rotatable bonds is 3. The predicted molar refractivity (Wildman–Crippen MR) is 85.8 cm³/mol. The Labute approximate surface area is 130 Å². The molecule has 1 saturated carbocycles. The second-order valence-electron chi connectivity index (χ2n) is 6.37. The van der Waals surface area contributed by atoms with E-state index in [1.807, 2.05) is 18.2 Å². The van der Waals surface area contributed by atoms with Gasteiger partial charge in [0.15, 0.2) is 0 Å². The Balaban J connectivity index is 2.20. The monoisotopic (exact) mass is 310 g/mol. The lowest BCUT2D eigenvalue weighted by Crippen LogP contribution is -2.23. The average Bonchev–Trinajstić information content (AvgIpc) is 2.89. The molecule has 20 heavy (non-hydrogen) atoms. The number of hydrogen-bond donors (Lipinski definition) is 0. The molecule has 0 spiro atoms. The summed E-state index contributed by atoms with van der Waals surface area (Å²) in [6, 6.07) is 6.44. The Kier molecular flexibility index (Phi) is 3.72. The molecule has 1 aliphatic carbocycles. The molecule has 1 atom stereocenters. The summed E-state index contributed by atoms with van der Waals surface area (Å²) in [7, 11) is 0. The lowest BCUT2D eigenvalue weighted by atomic mass is 9.87. The zero-order chi connectivity index (χ0) is 14.3. The highest BCUT2D eigenvalue weighted by Crippen LogP contribution is 2.47. The van der Waals surface area contributed by atoms with Crippen LogP contribution < -0.4 is 0 Å². The Morgan fingerprint density at radius 1 is 1.40 bits per heavy atom. The van der Waals surface area contributed by atoms with Crippen molar-refractivity contribution in [3.05, 3.63) is 29.0 Å². The van der Waals surface area contributed by atoms with Crippen LogP contribution in [0.15, 0.2) is 18.2 Å². The fraction of sp³-hybridized carbons (Fsp3) is 0.562. The SMILES string of the molecule is CC1(C)CCCC1n1c(CCCl)nc2ccc(Cl)cc21. The number of imidazole rings is 1. The first-order valence-corrected chi connectivity index (χ1v) is 8.16. The number of aryl methyl sites for hydroxylation is 1. The predicted octanol–water partition coefficient (Wildman–Crippen LogP) is 5.22. The number of aromatic nitrogens is 2. The molecule has 2 aromatic rings. The molecular weight excluding hydrogens is 291 g/mol. The van der Waals surface area contributed by atoms with Crippen molar-refractivity contribution in [3.8, 4) is 0 Å². The molecule has 4 heteroatoms. The topological polar surface area (TPSA) is 17.8 Å². The van der Waals surface area contributed by atoms with Crippen LogP contribution in [0.4, 0.5) is 0 Å². The van der Waals surface area contributed by atoms with Crippen molar-refractivity contribution in [2.24, 2.45) is 5.41 Å². The molecule has 108 valence electrons. The van der Waals surface area contributed by atoms with Crippen LogP contribution in [-0.4, -0.2) is 15.4 Å². The van der Waals surface area contributed by atoms with E-state index >= 15 is 0 Å². The number of hydrogen-bond acceptors (Lipinski definition) is 1. The Morgan fingerprint density at radius 2 is 2.20 bits per heavy atom. The van der Waals surface area contributed by atoms with E-state index in [1.54, 1.807) is 0 Å². The van der Waals surface area contributed by atoms with Crippen LogP contribution in [0.2, 0.25) is 5.02 Å². The maximum absolute atomic E-state index is 6.19. The van der Waals surface area contributed by atoms with Gasteiger partial charge in [-0.25, -0.2) is 4.98 Å². The third kappa shape index (κ3) is 2.33. The van der Waals surface area contributed by atoms with E-state index in [2.05, 4.69) is 18.4 Å². The summed E-state index contributed by atoms with van der Waals surface area (Å²) in [4.78, 5) is 4.77. The Bertz CT molecular complexity index is 631. The maximum Gasteiger partial charge on any atom is 0.111 e. The third-order valence-electron chi connectivity index (χ3n) is 4.56. The molecule has 1 fully saturated rings. The van der Waals surface area contributed by atoms with Gasteiger partial charge in [-0.3, -0.25) is 0 Å². The smallest absolute Gasteiger partial charge is 0.111 e.